The number of halogens is 2. The molecule has 0 spiro atoms. The summed E-state index contributed by atoms with van der Waals surface area (Å²) in [5.74, 6) is 0. The minimum atomic E-state index is -3.53. The van der Waals surface area contributed by atoms with Crippen molar-refractivity contribution in [2.45, 2.75) is 11.3 Å². The van der Waals surface area contributed by atoms with Crippen molar-refractivity contribution >= 4 is 37.6 Å². The van der Waals surface area contributed by atoms with Crippen molar-refractivity contribution in [1.82, 2.24) is 14.9 Å². The highest BCUT2D eigenvalue weighted by molar-refractivity contribution is 9.10. The lowest BCUT2D eigenvalue weighted by Gasteiger charge is -2.27. The van der Waals surface area contributed by atoms with E-state index in [1.807, 2.05) is 0 Å². The number of hydrogen-bond acceptors (Lipinski definition) is 4. The molecule has 0 radical (unpaired) electrons. The second-order valence-electron chi connectivity index (χ2n) is 4.89. The van der Waals surface area contributed by atoms with Gasteiger partial charge in [-0.1, -0.05) is 17.7 Å². The molecule has 1 aromatic carbocycles. The first-order valence-corrected chi connectivity index (χ1v) is 9.53. The second kappa shape index (κ2) is 7.89. The van der Waals surface area contributed by atoms with Crippen LogP contribution in [0.3, 0.4) is 0 Å². The SMILES string of the molecule is O=S(=O)(NCCCN1CCNCC1)c1cccc(Cl)c1Br. The van der Waals surface area contributed by atoms with E-state index in [-0.39, 0.29) is 4.90 Å². The number of hydrogen-bond donors (Lipinski definition) is 2. The molecule has 1 fully saturated rings. The van der Waals surface area contributed by atoms with E-state index >= 15 is 0 Å². The van der Waals surface area contributed by atoms with Crippen LogP contribution in [-0.2, 0) is 10.0 Å². The molecule has 0 aromatic heterocycles. The molecular formula is C13H19BrClN3O2S. The van der Waals surface area contributed by atoms with Gasteiger partial charge in [-0.3, -0.25) is 0 Å². The zero-order chi connectivity index (χ0) is 15.3. The third-order valence-corrected chi connectivity index (χ3v) is 6.52. The van der Waals surface area contributed by atoms with Gasteiger partial charge in [0.1, 0.15) is 0 Å². The highest BCUT2D eigenvalue weighted by Gasteiger charge is 2.18. The van der Waals surface area contributed by atoms with Gasteiger partial charge in [-0.05, 0) is 41.0 Å². The molecule has 0 saturated carbocycles. The molecule has 1 aliphatic rings. The van der Waals surface area contributed by atoms with Crippen LogP contribution in [0.4, 0.5) is 0 Å². The first kappa shape index (κ1) is 17.2. The maximum Gasteiger partial charge on any atom is 0.241 e. The number of sulfonamides is 1. The molecular weight excluding hydrogens is 378 g/mol. The van der Waals surface area contributed by atoms with Crippen LogP contribution in [0.5, 0.6) is 0 Å². The molecule has 5 nitrogen and oxygen atoms in total. The third-order valence-electron chi connectivity index (χ3n) is 3.36. The summed E-state index contributed by atoms with van der Waals surface area (Å²) in [7, 11) is -3.53. The van der Waals surface area contributed by atoms with Crippen molar-refractivity contribution in [3.8, 4) is 0 Å². The summed E-state index contributed by atoms with van der Waals surface area (Å²) < 4.78 is 27.5. The van der Waals surface area contributed by atoms with E-state index < -0.39 is 10.0 Å². The average molecular weight is 397 g/mol. The molecule has 21 heavy (non-hydrogen) atoms. The van der Waals surface area contributed by atoms with E-state index in [1.54, 1.807) is 12.1 Å². The fraction of sp³-hybridized carbons (Fsp3) is 0.538. The topological polar surface area (TPSA) is 61.4 Å². The predicted octanol–water partition coefficient (Wildman–Crippen LogP) is 1.68. The normalized spacial score (nSPS) is 17.0. The van der Waals surface area contributed by atoms with Crippen LogP contribution in [0.1, 0.15) is 6.42 Å². The van der Waals surface area contributed by atoms with Crippen LogP contribution < -0.4 is 10.0 Å². The zero-order valence-corrected chi connectivity index (χ0v) is 14.8. The molecule has 0 aliphatic carbocycles. The van der Waals surface area contributed by atoms with E-state index in [0.29, 0.717) is 16.0 Å². The van der Waals surface area contributed by atoms with Crippen LogP contribution >= 0.6 is 27.5 Å². The molecule has 1 aromatic rings. The lowest BCUT2D eigenvalue weighted by Crippen LogP contribution is -2.44. The van der Waals surface area contributed by atoms with E-state index in [9.17, 15) is 8.42 Å². The summed E-state index contributed by atoms with van der Waals surface area (Å²) in [4.78, 5) is 2.51. The Kier molecular flexibility index (Phi) is 6.46. The highest BCUT2D eigenvalue weighted by atomic mass is 79.9. The Labute approximate surface area is 139 Å². The van der Waals surface area contributed by atoms with Crippen molar-refractivity contribution in [2.75, 3.05) is 39.3 Å². The maximum atomic E-state index is 12.2. The van der Waals surface area contributed by atoms with E-state index in [4.69, 9.17) is 11.6 Å². The molecule has 1 heterocycles. The quantitative estimate of drug-likeness (QED) is 0.718. The fourth-order valence-corrected chi connectivity index (χ4v) is 4.52. The summed E-state index contributed by atoms with van der Waals surface area (Å²) >= 11 is 9.15. The van der Waals surface area contributed by atoms with Gasteiger partial charge >= 0.3 is 0 Å². The van der Waals surface area contributed by atoms with Crippen molar-refractivity contribution in [2.24, 2.45) is 0 Å². The first-order chi connectivity index (χ1) is 10.0. The monoisotopic (exact) mass is 395 g/mol. The van der Waals surface area contributed by atoms with Gasteiger partial charge in [0.2, 0.25) is 10.0 Å². The van der Waals surface area contributed by atoms with Crippen molar-refractivity contribution in [1.29, 1.82) is 0 Å². The zero-order valence-electron chi connectivity index (χ0n) is 11.6. The Morgan fingerprint density at radius 3 is 2.76 bits per heavy atom. The lowest BCUT2D eigenvalue weighted by molar-refractivity contribution is 0.239. The van der Waals surface area contributed by atoms with E-state index in [1.165, 1.54) is 6.07 Å². The van der Waals surface area contributed by atoms with Crippen molar-refractivity contribution in [3.63, 3.8) is 0 Å². The van der Waals surface area contributed by atoms with Crippen LogP contribution in [-0.4, -0.2) is 52.6 Å². The average Bonchev–Trinajstić information content (AvgIpc) is 2.47. The number of nitrogens with zero attached hydrogens (tertiary/aromatic N) is 1. The Morgan fingerprint density at radius 2 is 2.05 bits per heavy atom. The van der Waals surface area contributed by atoms with Gasteiger partial charge in [0.25, 0.3) is 0 Å². The first-order valence-electron chi connectivity index (χ1n) is 6.87. The van der Waals surface area contributed by atoms with Crippen LogP contribution in [0, 0.1) is 0 Å². The van der Waals surface area contributed by atoms with E-state index in [2.05, 4.69) is 30.9 Å². The molecule has 0 bridgehead atoms. The molecule has 0 atom stereocenters. The summed E-state index contributed by atoms with van der Waals surface area (Å²) in [6.45, 7) is 5.37. The molecule has 0 unspecified atom stereocenters. The van der Waals surface area contributed by atoms with Gasteiger partial charge < -0.3 is 10.2 Å². The predicted molar refractivity (Wildman–Crippen MR) is 88.3 cm³/mol. The van der Waals surface area contributed by atoms with Crippen molar-refractivity contribution in [3.05, 3.63) is 27.7 Å². The largest absolute Gasteiger partial charge is 0.314 e. The molecule has 8 heteroatoms. The fourth-order valence-electron chi connectivity index (χ4n) is 2.21. The second-order valence-corrected chi connectivity index (χ2v) is 7.83. The number of benzene rings is 1. The van der Waals surface area contributed by atoms with Gasteiger partial charge in [0.15, 0.2) is 0 Å². The van der Waals surface area contributed by atoms with Crippen LogP contribution in [0.2, 0.25) is 5.02 Å². The summed E-state index contributed by atoms with van der Waals surface area (Å²) in [5.41, 5.74) is 0. The number of rotatable bonds is 6. The molecule has 1 aliphatic heterocycles. The molecule has 2 N–H and O–H groups in total. The molecule has 1 saturated heterocycles. The Hall–Kier alpha value is -0.180. The molecule has 2 rings (SSSR count). The van der Waals surface area contributed by atoms with Crippen molar-refractivity contribution < 1.29 is 8.42 Å². The highest BCUT2D eigenvalue weighted by Crippen LogP contribution is 2.29. The summed E-state index contributed by atoms with van der Waals surface area (Å²) in [6.07, 6.45) is 0.789. The minimum Gasteiger partial charge on any atom is -0.314 e. The smallest absolute Gasteiger partial charge is 0.241 e. The number of nitrogens with one attached hydrogen (secondary N) is 2. The van der Waals surface area contributed by atoms with Gasteiger partial charge in [-0.2, -0.15) is 0 Å². The Bertz CT molecular complexity index is 577. The third kappa shape index (κ3) is 4.91. The summed E-state index contributed by atoms with van der Waals surface area (Å²) in [5, 5.41) is 3.68. The standard InChI is InChI=1S/C13H19BrClN3O2S/c14-13-11(15)3-1-4-12(13)21(19,20)17-5-2-8-18-9-6-16-7-10-18/h1,3-4,16-17H,2,5-10H2. The van der Waals surface area contributed by atoms with Gasteiger partial charge in [0.05, 0.1) is 14.4 Å². The molecule has 0 amide bonds. The maximum absolute atomic E-state index is 12.2. The number of piperazine rings is 1. The van der Waals surface area contributed by atoms with Gasteiger partial charge in [-0.25, -0.2) is 13.1 Å². The van der Waals surface area contributed by atoms with E-state index in [0.717, 1.165) is 39.1 Å². The van der Waals surface area contributed by atoms with Crippen LogP contribution in [0.25, 0.3) is 0 Å². The van der Waals surface area contributed by atoms with Crippen LogP contribution in [0.15, 0.2) is 27.6 Å². The minimum absolute atomic E-state index is 0.178. The Balaban J connectivity index is 1.85. The van der Waals surface area contributed by atoms with Gasteiger partial charge in [-0.15, -0.1) is 0 Å². The lowest BCUT2D eigenvalue weighted by atomic mass is 10.3. The summed E-state index contributed by atoms with van der Waals surface area (Å²) in [6, 6.07) is 4.81. The Morgan fingerprint density at radius 1 is 1.33 bits per heavy atom. The van der Waals surface area contributed by atoms with Gasteiger partial charge in [0, 0.05) is 32.7 Å². The molecule has 118 valence electrons.